The molecular weight excluding hydrogens is 416 g/mol. The van der Waals surface area contributed by atoms with E-state index in [1.54, 1.807) is 12.4 Å². The van der Waals surface area contributed by atoms with Gasteiger partial charge in [0, 0.05) is 25.5 Å². The monoisotopic (exact) mass is 444 g/mol. The highest BCUT2D eigenvalue weighted by Gasteiger charge is 2.20. The molecule has 0 spiro atoms. The van der Waals surface area contributed by atoms with E-state index in [4.69, 9.17) is 9.51 Å². The minimum atomic E-state index is -0.139. The lowest BCUT2D eigenvalue weighted by Crippen LogP contribution is -2.29. The van der Waals surface area contributed by atoms with Gasteiger partial charge in [0.25, 0.3) is 5.56 Å². The summed E-state index contributed by atoms with van der Waals surface area (Å²) in [6.07, 6.45) is 9.49. The molecule has 170 valence electrons. The van der Waals surface area contributed by atoms with Gasteiger partial charge >= 0.3 is 0 Å². The standard InChI is InChI=1S/C25H28N6O2/c1-16-22(17(2)33-30-16)20-10-11-21-24(29-20)31(15-18-7-4-3-5-8-18)25(32)23(28-21)27-14-19-9-6-12-26-13-19/h6,9-13,18H,3-5,7-8,14-15H2,1-2H3,(H,27,28). The molecule has 1 aliphatic carbocycles. The Morgan fingerprint density at radius 3 is 2.70 bits per heavy atom. The van der Waals surface area contributed by atoms with Gasteiger partial charge in [-0.25, -0.2) is 9.97 Å². The predicted octanol–water partition coefficient (Wildman–Crippen LogP) is 4.65. The van der Waals surface area contributed by atoms with Gasteiger partial charge in [-0.15, -0.1) is 0 Å². The normalized spacial score (nSPS) is 14.6. The summed E-state index contributed by atoms with van der Waals surface area (Å²) in [5.41, 5.74) is 4.54. The number of hydrogen-bond donors (Lipinski definition) is 1. The summed E-state index contributed by atoms with van der Waals surface area (Å²) in [5, 5.41) is 7.28. The first-order valence-electron chi connectivity index (χ1n) is 11.6. The first kappa shape index (κ1) is 21.3. The summed E-state index contributed by atoms with van der Waals surface area (Å²) in [6.45, 7) is 4.91. The molecule has 1 aliphatic rings. The molecule has 4 heterocycles. The Morgan fingerprint density at radius 2 is 1.97 bits per heavy atom. The van der Waals surface area contributed by atoms with Gasteiger partial charge in [0.05, 0.1) is 17.0 Å². The Labute approximate surface area is 192 Å². The third kappa shape index (κ3) is 4.37. The lowest BCUT2D eigenvalue weighted by molar-refractivity contribution is 0.319. The number of pyridine rings is 2. The molecule has 0 amide bonds. The highest BCUT2D eigenvalue weighted by atomic mass is 16.5. The third-order valence-corrected chi connectivity index (χ3v) is 6.43. The van der Waals surface area contributed by atoms with E-state index < -0.39 is 0 Å². The van der Waals surface area contributed by atoms with Crippen LogP contribution >= 0.6 is 0 Å². The highest BCUT2D eigenvalue weighted by Crippen LogP contribution is 2.28. The second-order valence-corrected chi connectivity index (χ2v) is 8.83. The fourth-order valence-electron chi connectivity index (χ4n) is 4.71. The number of nitrogens with zero attached hydrogens (tertiary/aromatic N) is 5. The third-order valence-electron chi connectivity index (χ3n) is 6.43. The number of aromatic nitrogens is 5. The van der Waals surface area contributed by atoms with Crippen LogP contribution in [-0.2, 0) is 13.1 Å². The summed E-state index contributed by atoms with van der Waals surface area (Å²) in [5.74, 6) is 1.52. The quantitative estimate of drug-likeness (QED) is 0.462. The molecule has 8 nitrogen and oxygen atoms in total. The SMILES string of the molecule is Cc1noc(C)c1-c1ccc2nc(NCc3cccnc3)c(=O)n(CC3CCCCC3)c2n1. The number of nitrogens with one attached hydrogen (secondary N) is 1. The van der Waals surface area contributed by atoms with Crippen LogP contribution in [0.2, 0.25) is 0 Å². The van der Waals surface area contributed by atoms with Crippen LogP contribution < -0.4 is 10.9 Å². The molecule has 8 heteroatoms. The molecule has 1 N–H and O–H groups in total. The van der Waals surface area contributed by atoms with E-state index in [0.29, 0.717) is 41.7 Å². The van der Waals surface area contributed by atoms with E-state index in [0.717, 1.165) is 35.4 Å². The van der Waals surface area contributed by atoms with E-state index >= 15 is 0 Å². The van der Waals surface area contributed by atoms with Crippen LogP contribution in [0.1, 0.15) is 49.1 Å². The van der Waals surface area contributed by atoms with Gasteiger partial charge in [-0.05, 0) is 56.4 Å². The lowest BCUT2D eigenvalue weighted by Gasteiger charge is -2.23. The number of hydrogen-bond acceptors (Lipinski definition) is 7. The van der Waals surface area contributed by atoms with Crippen molar-refractivity contribution in [3.05, 3.63) is 64.0 Å². The van der Waals surface area contributed by atoms with Crippen molar-refractivity contribution in [3.8, 4) is 11.3 Å². The zero-order valence-electron chi connectivity index (χ0n) is 19.0. The summed E-state index contributed by atoms with van der Waals surface area (Å²) >= 11 is 0. The summed E-state index contributed by atoms with van der Waals surface area (Å²) < 4.78 is 7.15. The largest absolute Gasteiger partial charge is 0.361 e. The first-order chi connectivity index (χ1) is 16.1. The van der Waals surface area contributed by atoms with Crippen molar-refractivity contribution in [2.75, 3.05) is 5.32 Å². The van der Waals surface area contributed by atoms with Crippen molar-refractivity contribution >= 4 is 17.0 Å². The minimum Gasteiger partial charge on any atom is -0.361 e. The predicted molar refractivity (Wildman–Crippen MR) is 127 cm³/mol. The van der Waals surface area contributed by atoms with Crippen LogP contribution in [0.15, 0.2) is 46.0 Å². The van der Waals surface area contributed by atoms with Crippen molar-refractivity contribution in [3.63, 3.8) is 0 Å². The number of aryl methyl sites for hydroxylation is 2. The van der Waals surface area contributed by atoms with Crippen molar-refractivity contribution in [2.45, 2.75) is 59.0 Å². The number of rotatable bonds is 6. The molecular formula is C25H28N6O2. The number of anilines is 1. The fraction of sp³-hybridized carbons (Fsp3) is 0.400. The van der Waals surface area contributed by atoms with Crippen molar-refractivity contribution in [2.24, 2.45) is 5.92 Å². The van der Waals surface area contributed by atoms with Crippen LogP contribution in [0.3, 0.4) is 0 Å². The van der Waals surface area contributed by atoms with Gasteiger partial charge in [0.2, 0.25) is 0 Å². The molecule has 0 saturated heterocycles. The Balaban J connectivity index is 1.58. The van der Waals surface area contributed by atoms with Gasteiger partial charge in [-0.2, -0.15) is 0 Å². The van der Waals surface area contributed by atoms with Gasteiger partial charge in [-0.3, -0.25) is 14.3 Å². The molecule has 1 fully saturated rings. The van der Waals surface area contributed by atoms with Crippen molar-refractivity contribution < 1.29 is 4.52 Å². The van der Waals surface area contributed by atoms with Crippen LogP contribution in [0, 0.1) is 19.8 Å². The maximum Gasteiger partial charge on any atom is 0.294 e. The molecule has 0 bridgehead atoms. The van der Waals surface area contributed by atoms with E-state index in [2.05, 4.69) is 20.4 Å². The van der Waals surface area contributed by atoms with Gasteiger partial charge < -0.3 is 9.84 Å². The van der Waals surface area contributed by atoms with Crippen molar-refractivity contribution in [1.29, 1.82) is 0 Å². The van der Waals surface area contributed by atoms with Gasteiger partial charge in [-0.1, -0.05) is 30.5 Å². The maximum absolute atomic E-state index is 13.6. The van der Waals surface area contributed by atoms with E-state index in [1.807, 2.05) is 42.7 Å². The molecule has 0 atom stereocenters. The summed E-state index contributed by atoms with van der Waals surface area (Å²) in [7, 11) is 0. The molecule has 0 aliphatic heterocycles. The molecule has 0 aromatic carbocycles. The van der Waals surface area contributed by atoms with Gasteiger partial charge in [0.1, 0.15) is 11.3 Å². The molecule has 4 aromatic heterocycles. The lowest BCUT2D eigenvalue weighted by atomic mass is 9.89. The average Bonchev–Trinajstić information content (AvgIpc) is 3.18. The Hall–Kier alpha value is -3.55. The topological polar surface area (TPSA) is 98.7 Å². The van der Waals surface area contributed by atoms with E-state index in [-0.39, 0.29) is 5.56 Å². The fourth-order valence-corrected chi connectivity index (χ4v) is 4.71. The summed E-state index contributed by atoms with van der Waals surface area (Å²) in [6, 6.07) is 7.70. The van der Waals surface area contributed by atoms with Crippen LogP contribution in [-0.4, -0.2) is 24.7 Å². The first-order valence-corrected chi connectivity index (χ1v) is 11.6. The minimum absolute atomic E-state index is 0.139. The van der Waals surface area contributed by atoms with Crippen LogP contribution in [0.5, 0.6) is 0 Å². The summed E-state index contributed by atoms with van der Waals surface area (Å²) in [4.78, 5) is 27.2. The molecule has 33 heavy (non-hydrogen) atoms. The number of fused-ring (bicyclic) bond motifs is 1. The average molecular weight is 445 g/mol. The molecule has 1 saturated carbocycles. The van der Waals surface area contributed by atoms with Crippen LogP contribution in [0.25, 0.3) is 22.4 Å². The van der Waals surface area contributed by atoms with Gasteiger partial charge in [0.15, 0.2) is 11.5 Å². The smallest absolute Gasteiger partial charge is 0.294 e. The zero-order chi connectivity index (χ0) is 22.8. The highest BCUT2D eigenvalue weighted by molar-refractivity contribution is 5.77. The Bertz CT molecular complexity index is 1300. The van der Waals surface area contributed by atoms with E-state index in [1.165, 1.54) is 19.3 Å². The zero-order valence-corrected chi connectivity index (χ0v) is 19.0. The second-order valence-electron chi connectivity index (χ2n) is 8.83. The molecule has 4 aromatic rings. The second kappa shape index (κ2) is 9.13. The molecule has 5 rings (SSSR count). The van der Waals surface area contributed by atoms with Crippen LogP contribution in [0.4, 0.5) is 5.82 Å². The molecule has 0 unspecified atom stereocenters. The van der Waals surface area contributed by atoms with Crippen molar-refractivity contribution in [1.82, 2.24) is 24.7 Å². The van der Waals surface area contributed by atoms with E-state index in [9.17, 15) is 4.79 Å². The molecule has 0 radical (unpaired) electrons. The maximum atomic E-state index is 13.6. The Morgan fingerprint density at radius 1 is 1.12 bits per heavy atom. The Kier molecular flexibility index (Phi) is 5.90.